The van der Waals surface area contributed by atoms with Crippen molar-refractivity contribution in [3.05, 3.63) is 29.8 Å². The lowest BCUT2D eigenvalue weighted by atomic mass is 9.84. The SMILES string of the molecule is COCCN1C[C@H]2CN(C)c3ccccc3[C@@H]2N(C(=O)C2CCCC2)CCC1=O. The van der Waals surface area contributed by atoms with Gasteiger partial charge in [-0.15, -0.1) is 0 Å². The highest BCUT2D eigenvalue weighted by Gasteiger charge is 2.42. The summed E-state index contributed by atoms with van der Waals surface area (Å²) in [6, 6.07) is 8.49. The molecule has 2 fully saturated rings. The lowest BCUT2D eigenvalue weighted by Gasteiger charge is -2.48. The summed E-state index contributed by atoms with van der Waals surface area (Å²) in [5.74, 6) is 0.712. The third kappa shape index (κ3) is 4.00. The first kappa shape index (κ1) is 20.2. The van der Waals surface area contributed by atoms with Crippen molar-refractivity contribution in [1.82, 2.24) is 9.80 Å². The molecular weight excluding hydrogens is 366 g/mol. The first-order valence-electron chi connectivity index (χ1n) is 11.0. The molecule has 1 saturated carbocycles. The Morgan fingerprint density at radius 2 is 1.93 bits per heavy atom. The van der Waals surface area contributed by atoms with Gasteiger partial charge in [-0.1, -0.05) is 31.0 Å². The molecule has 0 radical (unpaired) electrons. The number of methoxy groups -OCH3 is 1. The molecule has 0 unspecified atom stereocenters. The Morgan fingerprint density at radius 1 is 1.17 bits per heavy atom. The van der Waals surface area contributed by atoms with E-state index in [0.717, 1.165) is 32.2 Å². The summed E-state index contributed by atoms with van der Waals surface area (Å²) < 4.78 is 5.24. The number of para-hydroxylation sites is 1. The van der Waals surface area contributed by atoms with E-state index in [2.05, 4.69) is 41.1 Å². The van der Waals surface area contributed by atoms with Gasteiger partial charge in [-0.3, -0.25) is 9.59 Å². The van der Waals surface area contributed by atoms with Crippen molar-refractivity contribution < 1.29 is 14.3 Å². The monoisotopic (exact) mass is 399 g/mol. The van der Waals surface area contributed by atoms with Crippen molar-refractivity contribution >= 4 is 17.5 Å². The van der Waals surface area contributed by atoms with Crippen LogP contribution in [0, 0.1) is 11.8 Å². The number of nitrogens with zero attached hydrogens (tertiary/aromatic N) is 3. The molecule has 158 valence electrons. The summed E-state index contributed by atoms with van der Waals surface area (Å²) in [5.41, 5.74) is 2.42. The normalized spacial score (nSPS) is 25.4. The van der Waals surface area contributed by atoms with Crippen molar-refractivity contribution in [2.75, 3.05) is 51.8 Å². The van der Waals surface area contributed by atoms with Gasteiger partial charge in [0.2, 0.25) is 11.8 Å². The van der Waals surface area contributed by atoms with Crippen LogP contribution in [0.15, 0.2) is 24.3 Å². The van der Waals surface area contributed by atoms with E-state index in [1.165, 1.54) is 11.3 Å². The average molecular weight is 400 g/mol. The van der Waals surface area contributed by atoms with E-state index in [0.29, 0.717) is 32.7 Å². The minimum atomic E-state index is 0.0358. The zero-order chi connectivity index (χ0) is 20.4. The number of hydrogen-bond donors (Lipinski definition) is 0. The summed E-state index contributed by atoms with van der Waals surface area (Å²) in [5, 5.41) is 0. The molecule has 2 amide bonds. The van der Waals surface area contributed by atoms with Gasteiger partial charge < -0.3 is 19.4 Å². The van der Waals surface area contributed by atoms with Crippen LogP contribution in [0.2, 0.25) is 0 Å². The van der Waals surface area contributed by atoms with Crippen LogP contribution in [-0.4, -0.2) is 68.6 Å². The van der Waals surface area contributed by atoms with Crippen molar-refractivity contribution in [3.8, 4) is 0 Å². The summed E-state index contributed by atoms with van der Waals surface area (Å²) >= 11 is 0. The maximum atomic E-state index is 13.5. The Hall–Kier alpha value is -2.08. The van der Waals surface area contributed by atoms with Crippen molar-refractivity contribution in [2.24, 2.45) is 11.8 Å². The number of ether oxygens (including phenoxy) is 1. The zero-order valence-corrected chi connectivity index (χ0v) is 17.7. The lowest BCUT2D eigenvalue weighted by molar-refractivity contribution is -0.144. The molecule has 0 bridgehead atoms. The highest BCUT2D eigenvalue weighted by Crippen LogP contribution is 2.43. The molecule has 29 heavy (non-hydrogen) atoms. The number of carbonyl (C=O) groups excluding carboxylic acids is 2. The Kier molecular flexibility index (Phi) is 6.09. The predicted octanol–water partition coefficient (Wildman–Crippen LogP) is 2.69. The van der Waals surface area contributed by atoms with E-state index >= 15 is 0 Å². The van der Waals surface area contributed by atoms with Gasteiger partial charge in [0, 0.05) is 64.3 Å². The fourth-order valence-corrected chi connectivity index (χ4v) is 5.44. The molecule has 1 aromatic carbocycles. The molecule has 0 aromatic heterocycles. The second-order valence-corrected chi connectivity index (χ2v) is 8.74. The molecule has 1 aromatic rings. The first-order valence-corrected chi connectivity index (χ1v) is 11.0. The van der Waals surface area contributed by atoms with Gasteiger partial charge in [0.15, 0.2) is 0 Å². The van der Waals surface area contributed by atoms with Gasteiger partial charge in [0.05, 0.1) is 12.6 Å². The van der Waals surface area contributed by atoms with Crippen LogP contribution in [0.1, 0.15) is 43.7 Å². The van der Waals surface area contributed by atoms with Crippen LogP contribution in [0.25, 0.3) is 0 Å². The third-order valence-electron chi connectivity index (χ3n) is 6.88. The van der Waals surface area contributed by atoms with E-state index in [1.54, 1.807) is 7.11 Å². The second-order valence-electron chi connectivity index (χ2n) is 8.74. The van der Waals surface area contributed by atoms with Crippen molar-refractivity contribution in [2.45, 2.75) is 38.1 Å². The van der Waals surface area contributed by atoms with Crippen molar-refractivity contribution in [3.63, 3.8) is 0 Å². The van der Waals surface area contributed by atoms with E-state index in [-0.39, 0.29) is 29.7 Å². The number of carbonyl (C=O) groups is 2. The van der Waals surface area contributed by atoms with E-state index in [1.807, 2.05) is 4.90 Å². The third-order valence-corrected chi connectivity index (χ3v) is 6.88. The fourth-order valence-electron chi connectivity index (χ4n) is 5.44. The average Bonchev–Trinajstić information content (AvgIpc) is 3.26. The minimum Gasteiger partial charge on any atom is -0.383 e. The Morgan fingerprint density at radius 3 is 2.69 bits per heavy atom. The van der Waals surface area contributed by atoms with E-state index < -0.39 is 0 Å². The van der Waals surface area contributed by atoms with Crippen LogP contribution in [0.3, 0.4) is 0 Å². The molecule has 0 N–H and O–H groups in total. The van der Waals surface area contributed by atoms with Gasteiger partial charge in [0.25, 0.3) is 0 Å². The standard InChI is InChI=1S/C23H33N3O3/c1-24-15-18-16-25(13-14-29-2)21(27)11-12-26(23(28)17-7-3-4-8-17)22(18)19-9-5-6-10-20(19)24/h5-6,9-10,17-18,22H,3-4,7-8,11-16H2,1-2H3/t18-,22-/m1/s1. The molecule has 4 rings (SSSR count). The van der Waals surface area contributed by atoms with Crippen LogP contribution in [0.4, 0.5) is 5.69 Å². The number of fused-ring (bicyclic) bond motifs is 3. The van der Waals surface area contributed by atoms with Crippen LogP contribution in [0.5, 0.6) is 0 Å². The van der Waals surface area contributed by atoms with Gasteiger partial charge in [-0.2, -0.15) is 0 Å². The maximum absolute atomic E-state index is 13.5. The molecule has 3 aliphatic rings. The zero-order valence-electron chi connectivity index (χ0n) is 17.7. The molecule has 1 saturated heterocycles. The highest BCUT2D eigenvalue weighted by atomic mass is 16.5. The minimum absolute atomic E-state index is 0.0358. The molecule has 2 aliphatic heterocycles. The van der Waals surface area contributed by atoms with Crippen LogP contribution in [-0.2, 0) is 14.3 Å². The molecule has 1 aliphatic carbocycles. The van der Waals surface area contributed by atoms with Crippen LogP contribution < -0.4 is 4.90 Å². The Bertz CT molecular complexity index is 747. The number of hydrogen-bond acceptors (Lipinski definition) is 4. The van der Waals surface area contributed by atoms with Gasteiger partial charge in [-0.25, -0.2) is 0 Å². The largest absolute Gasteiger partial charge is 0.383 e. The molecule has 6 nitrogen and oxygen atoms in total. The number of rotatable bonds is 4. The fraction of sp³-hybridized carbons (Fsp3) is 0.652. The number of amides is 2. The van der Waals surface area contributed by atoms with E-state index in [9.17, 15) is 9.59 Å². The molecule has 6 heteroatoms. The van der Waals surface area contributed by atoms with E-state index in [4.69, 9.17) is 4.74 Å². The number of benzene rings is 1. The summed E-state index contributed by atoms with van der Waals surface area (Å²) in [6.07, 6.45) is 4.65. The smallest absolute Gasteiger partial charge is 0.226 e. The Labute approximate surface area is 173 Å². The molecular formula is C23H33N3O3. The molecule has 0 spiro atoms. The summed E-state index contributed by atoms with van der Waals surface area (Å²) in [6.45, 7) is 3.17. The lowest BCUT2D eigenvalue weighted by Crippen LogP contribution is -2.54. The Balaban J connectivity index is 1.70. The summed E-state index contributed by atoms with van der Waals surface area (Å²) in [7, 11) is 3.78. The van der Waals surface area contributed by atoms with Gasteiger partial charge in [0.1, 0.15) is 0 Å². The van der Waals surface area contributed by atoms with Crippen LogP contribution >= 0.6 is 0 Å². The second kappa shape index (κ2) is 8.74. The first-order chi connectivity index (χ1) is 14.1. The van der Waals surface area contributed by atoms with Gasteiger partial charge in [-0.05, 0) is 24.5 Å². The molecule has 2 atom stereocenters. The topological polar surface area (TPSA) is 53.1 Å². The summed E-state index contributed by atoms with van der Waals surface area (Å²) in [4.78, 5) is 32.7. The quantitative estimate of drug-likeness (QED) is 0.781. The maximum Gasteiger partial charge on any atom is 0.226 e. The highest BCUT2D eigenvalue weighted by molar-refractivity contribution is 5.82. The van der Waals surface area contributed by atoms with Crippen molar-refractivity contribution in [1.29, 1.82) is 0 Å². The van der Waals surface area contributed by atoms with Gasteiger partial charge >= 0.3 is 0 Å². The molecule has 2 heterocycles. The number of anilines is 1. The predicted molar refractivity (Wildman–Crippen MR) is 113 cm³/mol.